The number of carboxylic acid groups (broad SMARTS) is 1. The standard InChI is InChI=1S/C19H15FN2O2/c20-16-6-2-5-15(12-16)18-21-10-9-17(22-18)11-13-3-1-4-14(8-7-13)19(23)24/h2-10,12H,1,11H2,(H,23,24). The molecule has 1 aliphatic carbocycles. The summed E-state index contributed by atoms with van der Waals surface area (Å²) in [6.45, 7) is 0. The molecule has 0 saturated heterocycles. The van der Waals surface area contributed by atoms with Gasteiger partial charge >= 0.3 is 5.97 Å². The maximum atomic E-state index is 13.3. The van der Waals surface area contributed by atoms with Crippen LogP contribution >= 0.6 is 0 Å². The molecule has 4 nitrogen and oxygen atoms in total. The average molecular weight is 322 g/mol. The summed E-state index contributed by atoms with van der Waals surface area (Å²) < 4.78 is 13.3. The van der Waals surface area contributed by atoms with E-state index < -0.39 is 5.97 Å². The number of hydrogen-bond acceptors (Lipinski definition) is 3. The van der Waals surface area contributed by atoms with Crippen molar-refractivity contribution in [3.05, 3.63) is 83.5 Å². The Kier molecular flexibility index (Phi) is 4.61. The Morgan fingerprint density at radius 1 is 1.21 bits per heavy atom. The predicted molar refractivity (Wildman–Crippen MR) is 88.7 cm³/mol. The molecule has 1 N–H and O–H groups in total. The number of hydrogen-bond donors (Lipinski definition) is 1. The maximum absolute atomic E-state index is 13.3. The number of carbonyl (C=O) groups is 1. The minimum absolute atomic E-state index is 0.282. The number of halogens is 1. The van der Waals surface area contributed by atoms with Gasteiger partial charge in [0.25, 0.3) is 0 Å². The smallest absolute Gasteiger partial charge is 0.335 e. The van der Waals surface area contributed by atoms with Crippen LogP contribution in [0, 0.1) is 5.82 Å². The Bertz CT molecular complexity index is 869. The second-order valence-electron chi connectivity index (χ2n) is 5.37. The van der Waals surface area contributed by atoms with E-state index in [1.54, 1.807) is 42.6 Å². The van der Waals surface area contributed by atoms with Crippen LogP contribution in [0.15, 0.2) is 72.0 Å². The number of rotatable bonds is 4. The summed E-state index contributed by atoms with van der Waals surface area (Å²) in [5.74, 6) is -0.797. The van der Waals surface area contributed by atoms with Crippen LogP contribution in [0.2, 0.25) is 0 Å². The molecular formula is C19H15FN2O2. The quantitative estimate of drug-likeness (QED) is 0.932. The minimum atomic E-state index is -0.934. The third-order valence-corrected chi connectivity index (χ3v) is 3.62. The second-order valence-corrected chi connectivity index (χ2v) is 5.37. The minimum Gasteiger partial charge on any atom is -0.478 e. The normalized spacial score (nSPS) is 13.9. The van der Waals surface area contributed by atoms with Gasteiger partial charge in [-0.15, -0.1) is 0 Å². The fraction of sp³-hybridized carbons (Fsp3) is 0.105. The van der Waals surface area contributed by atoms with Gasteiger partial charge in [0.15, 0.2) is 5.82 Å². The predicted octanol–water partition coefficient (Wildman–Crippen LogP) is 3.72. The fourth-order valence-electron chi connectivity index (χ4n) is 2.43. The fourth-order valence-corrected chi connectivity index (χ4v) is 2.43. The average Bonchev–Trinajstić information content (AvgIpc) is 2.81. The molecule has 1 heterocycles. The third kappa shape index (κ3) is 3.81. The number of aliphatic carboxylic acids is 1. The molecule has 120 valence electrons. The van der Waals surface area contributed by atoms with Gasteiger partial charge in [-0.3, -0.25) is 0 Å². The summed E-state index contributed by atoms with van der Waals surface area (Å²) in [6, 6.07) is 7.95. The zero-order chi connectivity index (χ0) is 16.9. The van der Waals surface area contributed by atoms with Crippen molar-refractivity contribution >= 4 is 5.97 Å². The van der Waals surface area contributed by atoms with Crippen LogP contribution in [0.3, 0.4) is 0 Å². The first-order chi connectivity index (χ1) is 11.6. The number of benzene rings is 1. The van der Waals surface area contributed by atoms with E-state index in [0.717, 1.165) is 11.3 Å². The summed E-state index contributed by atoms with van der Waals surface area (Å²) >= 11 is 0. The van der Waals surface area contributed by atoms with Crippen LogP contribution in [0.1, 0.15) is 12.1 Å². The van der Waals surface area contributed by atoms with Crippen LogP contribution in [0.25, 0.3) is 11.4 Å². The highest BCUT2D eigenvalue weighted by Crippen LogP contribution is 2.18. The van der Waals surface area contributed by atoms with Crippen molar-refractivity contribution in [2.45, 2.75) is 12.8 Å². The SMILES string of the molecule is O=C(O)C1=CCC=C(Cc2ccnc(-c3cccc(F)c3)n2)C=C1. The molecular weight excluding hydrogens is 307 g/mol. The molecule has 1 aliphatic rings. The van der Waals surface area contributed by atoms with Crippen molar-refractivity contribution in [3.8, 4) is 11.4 Å². The van der Waals surface area contributed by atoms with Crippen molar-refractivity contribution < 1.29 is 14.3 Å². The van der Waals surface area contributed by atoms with Crippen LogP contribution < -0.4 is 0 Å². The number of carboxylic acids is 1. The molecule has 0 atom stereocenters. The molecule has 1 aromatic carbocycles. The van der Waals surface area contributed by atoms with Crippen molar-refractivity contribution in [1.29, 1.82) is 0 Å². The summed E-state index contributed by atoms with van der Waals surface area (Å²) in [6.07, 6.45) is 9.78. The lowest BCUT2D eigenvalue weighted by atomic mass is 10.1. The zero-order valence-corrected chi connectivity index (χ0v) is 12.8. The molecule has 0 fully saturated rings. The van der Waals surface area contributed by atoms with E-state index in [0.29, 0.717) is 24.2 Å². The van der Waals surface area contributed by atoms with Gasteiger partial charge in [-0.1, -0.05) is 30.4 Å². The lowest BCUT2D eigenvalue weighted by molar-refractivity contribution is -0.132. The molecule has 0 aliphatic heterocycles. The van der Waals surface area contributed by atoms with Gasteiger partial charge < -0.3 is 5.11 Å². The summed E-state index contributed by atoms with van der Waals surface area (Å²) in [4.78, 5) is 19.7. The van der Waals surface area contributed by atoms with E-state index in [4.69, 9.17) is 5.11 Å². The van der Waals surface area contributed by atoms with Gasteiger partial charge in [0.2, 0.25) is 0 Å². The number of nitrogens with zero attached hydrogens (tertiary/aromatic N) is 2. The second kappa shape index (κ2) is 7.00. The summed E-state index contributed by atoms with van der Waals surface area (Å²) in [5.41, 5.74) is 2.67. The molecule has 5 heteroatoms. The van der Waals surface area contributed by atoms with E-state index >= 15 is 0 Å². The summed E-state index contributed by atoms with van der Waals surface area (Å²) in [7, 11) is 0. The van der Waals surface area contributed by atoms with Crippen molar-refractivity contribution in [1.82, 2.24) is 9.97 Å². The highest BCUT2D eigenvalue weighted by atomic mass is 19.1. The lowest BCUT2D eigenvalue weighted by Gasteiger charge is -2.05. The highest BCUT2D eigenvalue weighted by molar-refractivity contribution is 5.90. The largest absolute Gasteiger partial charge is 0.478 e. The maximum Gasteiger partial charge on any atom is 0.335 e. The van der Waals surface area contributed by atoms with Crippen molar-refractivity contribution in [2.24, 2.45) is 0 Å². The van der Waals surface area contributed by atoms with Crippen LogP contribution in [-0.4, -0.2) is 21.0 Å². The first kappa shape index (κ1) is 15.8. The molecule has 3 rings (SSSR count). The molecule has 0 spiro atoms. The van der Waals surface area contributed by atoms with Gasteiger partial charge in [0.05, 0.1) is 5.57 Å². The lowest BCUT2D eigenvalue weighted by Crippen LogP contribution is -1.97. The zero-order valence-electron chi connectivity index (χ0n) is 12.8. The Hall–Kier alpha value is -3.08. The Labute approximate surface area is 138 Å². The topological polar surface area (TPSA) is 63.1 Å². The molecule has 24 heavy (non-hydrogen) atoms. The van der Waals surface area contributed by atoms with Crippen LogP contribution in [0.4, 0.5) is 4.39 Å². The molecule has 1 aromatic heterocycles. The molecule has 0 unspecified atom stereocenters. The Morgan fingerprint density at radius 2 is 2.08 bits per heavy atom. The van der Waals surface area contributed by atoms with E-state index in [9.17, 15) is 9.18 Å². The van der Waals surface area contributed by atoms with Crippen LogP contribution in [-0.2, 0) is 11.2 Å². The molecule has 0 amide bonds. The van der Waals surface area contributed by atoms with Crippen LogP contribution in [0.5, 0.6) is 0 Å². The number of aromatic nitrogens is 2. The van der Waals surface area contributed by atoms with E-state index in [1.165, 1.54) is 12.1 Å². The first-order valence-electron chi connectivity index (χ1n) is 7.50. The first-order valence-corrected chi connectivity index (χ1v) is 7.50. The Morgan fingerprint density at radius 3 is 2.88 bits per heavy atom. The number of allylic oxidation sites excluding steroid dienone is 4. The molecule has 0 saturated carbocycles. The highest BCUT2D eigenvalue weighted by Gasteiger charge is 2.08. The van der Waals surface area contributed by atoms with E-state index in [2.05, 4.69) is 9.97 Å². The Balaban J connectivity index is 1.80. The van der Waals surface area contributed by atoms with Gasteiger partial charge in [0, 0.05) is 23.9 Å². The van der Waals surface area contributed by atoms with E-state index in [1.807, 2.05) is 6.08 Å². The van der Waals surface area contributed by atoms with Gasteiger partial charge in [-0.25, -0.2) is 19.2 Å². The van der Waals surface area contributed by atoms with Crippen molar-refractivity contribution in [2.75, 3.05) is 0 Å². The molecule has 0 radical (unpaired) electrons. The molecule has 0 bridgehead atoms. The van der Waals surface area contributed by atoms with E-state index in [-0.39, 0.29) is 11.4 Å². The van der Waals surface area contributed by atoms with Gasteiger partial charge in [-0.2, -0.15) is 0 Å². The molecule has 2 aromatic rings. The van der Waals surface area contributed by atoms with Crippen molar-refractivity contribution in [3.63, 3.8) is 0 Å². The third-order valence-electron chi connectivity index (χ3n) is 3.62. The summed E-state index contributed by atoms with van der Waals surface area (Å²) in [5, 5.41) is 9.03. The van der Waals surface area contributed by atoms with Gasteiger partial charge in [-0.05, 0) is 36.3 Å². The monoisotopic (exact) mass is 322 g/mol. The van der Waals surface area contributed by atoms with Gasteiger partial charge in [0.1, 0.15) is 5.82 Å².